The third-order valence-electron chi connectivity index (χ3n) is 7.75. The average molecular weight is 569 g/mol. The van der Waals surface area contributed by atoms with Gasteiger partial charge < -0.3 is 14.8 Å². The number of rotatable bonds is 6. The summed E-state index contributed by atoms with van der Waals surface area (Å²) in [6.45, 7) is 6.08. The molecule has 1 heterocycles. The fraction of sp³-hybridized carbons (Fsp3) is 0.303. The monoisotopic (exact) mass is 568 g/mol. The third-order valence-corrected chi connectivity index (χ3v) is 7.75. The fourth-order valence-electron chi connectivity index (χ4n) is 6.12. The minimum Gasteiger partial charge on any atom is -0.461 e. The van der Waals surface area contributed by atoms with Crippen LogP contribution in [0.15, 0.2) is 84.9 Å². The molecular weight excluding hydrogens is 536 g/mol. The van der Waals surface area contributed by atoms with E-state index in [1.165, 1.54) is 13.0 Å². The number of imide groups is 1. The number of hydrogen-bond acceptors (Lipinski definition) is 8. The van der Waals surface area contributed by atoms with E-state index >= 15 is 0 Å². The van der Waals surface area contributed by atoms with Crippen LogP contribution < -0.4 is 10.2 Å². The van der Waals surface area contributed by atoms with E-state index in [0.717, 1.165) is 4.90 Å². The van der Waals surface area contributed by atoms with Crippen molar-refractivity contribution < 1.29 is 33.4 Å². The lowest BCUT2D eigenvalue weighted by molar-refractivity contribution is -0.155. The zero-order valence-corrected chi connectivity index (χ0v) is 23.9. The van der Waals surface area contributed by atoms with E-state index in [0.29, 0.717) is 11.3 Å². The number of amides is 2. The summed E-state index contributed by atoms with van der Waals surface area (Å²) in [4.78, 5) is 71.2. The van der Waals surface area contributed by atoms with Gasteiger partial charge in [0.05, 0.1) is 11.6 Å². The van der Waals surface area contributed by atoms with E-state index in [2.05, 4.69) is 5.32 Å². The first-order valence-corrected chi connectivity index (χ1v) is 13.7. The molecule has 1 aliphatic carbocycles. The molecule has 3 atom stereocenters. The highest BCUT2D eigenvalue weighted by Gasteiger charge is 2.78. The second kappa shape index (κ2) is 10.6. The standard InChI is InChI=1S/C33H32N2O7/c1-21(36)33(34-23-15-9-6-10-16-23)27(37)19-25(28(38)41-20-22-13-7-5-8-14-22)32(33)24-17-11-12-18-26(24)35(29(32)39)30(40)42-31(2,3)4/h5-18,25,34H,19-20H2,1-4H3/t25-,32+,33+/m0/s1. The molecule has 0 unspecified atom stereocenters. The summed E-state index contributed by atoms with van der Waals surface area (Å²) in [7, 11) is 0. The summed E-state index contributed by atoms with van der Waals surface area (Å²) in [5.74, 6) is -4.50. The van der Waals surface area contributed by atoms with Crippen LogP contribution in [-0.4, -0.2) is 40.7 Å². The van der Waals surface area contributed by atoms with Gasteiger partial charge in [-0.05, 0) is 57.0 Å². The molecular formula is C33H32N2O7. The van der Waals surface area contributed by atoms with Crippen LogP contribution in [0.1, 0.15) is 45.2 Å². The van der Waals surface area contributed by atoms with Crippen LogP contribution in [0.3, 0.4) is 0 Å². The molecule has 1 N–H and O–H groups in total. The Balaban J connectivity index is 1.73. The van der Waals surface area contributed by atoms with Gasteiger partial charge in [0.2, 0.25) is 0 Å². The number of benzene rings is 3. The maximum Gasteiger partial charge on any atom is 0.421 e. The zero-order chi connectivity index (χ0) is 30.3. The van der Waals surface area contributed by atoms with Gasteiger partial charge in [-0.25, -0.2) is 9.69 Å². The second-order valence-corrected chi connectivity index (χ2v) is 11.5. The molecule has 3 aromatic rings. The molecule has 3 aromatic carbocycles. The highest BCUT2D eigenvalue weighted by molar-refractivity contribution is 6.32. The summed E-state index contributed by atoms with van der Waals surface area (Å²) in [6, 6.07) is 23.8. The molecule has 0 saturated heterocycles. The SMILES string of the molecule is CC(=O)[C@@]1(Nc2ccccc2)C(=O)C[C@@H](C(=O)OCc2ccccc2)[C@]12C(=O)N(C(=O)OC(C)(C)C)c1ccccc12. The maximum absolute atomic E-state index is 14.8. The second-order valence-electron chi connectivity index (χ2n) is 11.5. The molecule has 5 rings (SSSR count). The Morgan fingerprint density at radius 2 is 1.50 bits per heavy atom. The van der Waals surface area contributed by atoms with Crippen molar-refractivity contribution in [3.63, 3.8) is 0 Å². The van der Waals surface area contributed by atoms with Gasteiger partial charge in [0.1, 0.15) is 17.6 Å². The van der Waals surface area contributed by atoms with Crippen molar-refractivity contribution in [2.24, 2.45) is 5.92 Å². The molecule has 0 radical (unpaired) electrons. The van der Waals surface area contributed by atoms with E-state index in [1.54, 1.807) is 93.6 Å². The van der Waals surface area contributed by atoms with Gasteiger partial charge in [0, 0.05) is 12.1 Å². The molecule has 2 amide bonds. The third kappa shape index (κ3) is 4.45. The van der Waals surface area contributed by atoms with E-state index in [-0.39, 0.29) is 17.9 Å². The largest absolute Gasteiger partial charge is 0.461 e. The Kier molecular flexibility index (Phi) is 7.22. The number of esters is 1. The number of ketones is 2. The number of carbonyl (C=O) groups is 5. The number of para-hydroxylation sites is 2. The predicted molar refractivity (Wildman–Crippen MR) is 155 cm³/mol. The van der Waals surface area contributed by atoms with Crippen LogP contribution in [0.2, 0.25) is 0 Å². The molecule has 216 valence electrons. The molecule has 0 aromatic heterocycles. The Bertz CT molecular complexity index is 1560. The Morgan fingerprint density at radius 1 is 0.905 bits per heavy atom. The van der Waals surface area contributed by atoms with E-state index < -0.39 is 58.4 Å². The van der Waals surface area contributed by atoms with E-state index in [9.17, 15) is 24.0 Å². The van der Waals surface area contributed by atoms with Gasteiger partial charge in [0.25, 0.3) is 5.91 Å². The van der Waals surface area contributed by atoms with Gasteiger partial charge in [-0.3, -0.25) is 19.2 Å². The topological polar surface area (TPSA) is 119 Å². The summed E-state index contributed by atoms with van der Waals surface area (Å²) in [5.41, 5.74) is -3.92. The lowest BCUT2D eigenvalue weighted by Gasteiger charge is -2.42. The smallest absolute Gasteiger partial charge is 0.421 e. The van der Waals surface area contributed by atoms with Crippen molar-refractivity contribution in [2.75, 3.05) is 10.2 Å². The van der Waals surface area contributed by atoms with Gasteiger partial charge in [-0.2, -0.15) is 0 Å². The normalized spacial score (nSPS) is 23.0. The van der Waals surface area contributed by atoms with Crippen LogP contribution in [-0.2, 0) is 40.7 Å². The highest BCUT2D eigenvalue weighted by atomic mass is 16.6. The summed E-state index contributed by atoms with van der Waals surface area (Å²) < 4.78 is 11.3. The molecule has 9 nitrogen and oxygen atoms in total. The number of nitrogens with one attached hydrogen (secondary N) is 1. The van der Waals surface area contributed by atoms with E-state index in [4.69, 9.17) is 9.47 Å². The zero-order valence-electron chi connectivity index (χ0n) is 23.9. The van der Waals surface area contributed by atoms with Crippen molar-refractivity contribution in [1.82, 2.24) is 0 Å². The van der Waals surface area contributed by atoms with Crippen LogP contribution in [0, 0.1) is 5.92 Å². The lowest BCUT2D eigenvalue weighted by atomic mass is 9.61. The molecule has 1 saturated carbocycles. The Labute approximate surface area is 243 Å². The van der Waals surface area contributed by atoms with Crippen LogP contribution >= 0.6 is 0 Å². The maximum atomic E-state index is 14.8. The number of nitrogens with zero attached hydrogens (tertiary/aromatic N) is 1. The van der Waals surface area contributed by atoms with Gasteiger partial charge >= 0.3 is 12.1 Å². The van der Waals surface area contributed by atoms with Gasteiger partial charge in [-0.1, -0.05) is 66.7 Å². The number of Topliss-reactive ketones (excluding diaryl/α,β-unsaturated/α-hetero) is 2. The van der Waals surface area contributed by atoms with Crippen LogP contribution in [0.5, 0.6) is 0 Å². The average Bonchev–Trinajstić information content (AvgIpc) is 3.37. The molecule has 1 spiro atoms. The first-order chi connectivity index (χ1) is 19.9. The number of fused-ring (bicyclic) bond motifs is 2. The van der Waals surface area contributed by atoms with Crippen LogP contribution in [0.4, 0.5) is 16.2 Å². The Hall–Kier alpha value is -4.79. The summed E-state index contributed by atoms with van der Waals surface area (Å²) >= 11 is 0. The molecule has 2 aliphatic rings. The first kappa shape index (κ1) is 28.7. The molecule has 42 heavy (non-hydrogen) atoms. The number of anilines is 2. The first-order valence-electron chi connectivity index (χ1n) is 13.7. The van der Waals surface area contributed by atoms with Crippen molar-refractivity contribution in [1.29, 1.82) is 0 Å². The number of ether oxygens (including phenoxy) is 2. The van der Waals surface area contributed by atoms with Crippen LogP contribution in [0.25, 0.3) is 0 Å². The van der Waals surface area contributed by atoms with Crippen molar-refractivity contribution in [2.45, 2.75) is 57.3 Å². The van der Waals surface area contributed by atoms with E-state index in [1.807, 2.05) is 6.07 Å². The minimum absolute atomic E-state index is 0.106. The van der Waals surface area contributed by atoms with Crippen molar-refractivity contribution in [3.05, 3.63) is 96.1 Å². The highest BCUT2D eigenvalue weighted by Crippen LogP contribution is 2.59. The van der Waals surface area contributed by atoms with Crippen molar-refractivity contribution >= 4 is 40.9 Å². The summed E-state index contributed by atoms with van der Waals surface area (Å²) in [5, 5.41) is 3.07. The molecule has 9 heteroatoms. The lowest BCUT2D eigenvalue weighted by Crippen LogP contribution is -2.68. The summed E-state index contributed by atoms with van der Waals surface area (Å²) in [6.07, 6.45) is -1.44. The van der Waals surface area contributed by atoms with Gasteiger partial charge in [0.15, 0.2) is 17.1 Å². The molecule has 1 aliphatic heterocycles. The van der Waals surface area contributed by atoms with Crippen molar-refractivity contribution in [3.8, 4) is 0 Å². The quantitative estimate of drug-likeness (QED) is 0.327. The number of hydrogen-bond donors (Lipinski definition) is 1. The van der Waals surface area contributed by atoms with Gasteiger partial charge in [-0.15, -0.1) is 0 Å². The molecule has 1 fully saturated rings. The fourth-order valence-corrected chi connectivity index (χ4v) is 6.12. The minimum atomic E-state index is -2.23. The molecule has 0 bridgehead atoms. The Morgan fingerprint density at radius 3 is 2.12 bits per heavy atom. The number of carbonyl (C=O) groups excluding carboxylic acids is 5. The predicted octanol–water partition coefficient (Wildman–Crippen LogP) is 4.98.